The third-order valence-electron chi connectivity index (χ3n) is 5.08. The van der Waals surface area contributed by atoms with Gasteiger partial charge in [0.2, 0.25) is 5.91 Å². The number of amides is 2. The maximum absolute atomic E-state index is 13.3. The van der Waals surface area contributed by atoms with Gasteiger partial charge in [0.05, 0.1) is 6.61 Å². The number of benzene rings is 2. The average molecular weight is 418 g/mol. The van der Waals surface area contributed by atoms with E-state index in [1.54, 1.807) is 11.0 Å². The third-order valence-corrected chi connectivity index (χ3v) is 5.08. The van der Waals surface area contributed by atoms with Crippen molar-refractivity contribution in [3.63, 3.8) is 0 Å². The predicted molar refractivity (Wildman–Crippen MR) is 106 cm³/mol. The van der Waals surface area contributed by atoms with Gasteiger partial charge in [0.25, 0.3) is 5.91 Å². The number of nitrogens with two attached hydrogens (primary N) is 1. The Kier molecular flexibility index (Phi) is 6.87. The molecule has 1 heterocycles. The summed E-state index contributed by atoms with van der Waals surface area (Å²) in [6, 6.07) is 11.2. The molecule has 2 aromatic carbocycles. The van der Waals surface area contributed by atoms with Crippen molar-refractivity contribution in [3.05, 3.63) is 60.2 Å². The number of hydrogen-bond acceptors (Lipinski definition) is 4. The van der Waals surface area contributed by atoms with E-state index in [2.05, 4.69) is 0 Å². The largest absolute Gasteiger partial charge is 0.493 e. The molecule has 0 spiro atoms. The Morgan fingerprint density at radius 1 is 1.03 bits per heavy atom. The van der Waals surface area contributed by atoms with E-state index in [0.29, 0.717) is 25.1 Å². The third kappa shape index (κ3) is 5.92. The molecule has 30 heavy (non-hydrogen) atoms. The number of carbonyl (C=O) groups excluding carboxylic acids is 2. The quantitative estimate of drug-likeness (QED) is 0.715. The van der Waals surface area contributed by atoms with Crippen LogP contribution >= 0.6 is 0 Å². The molecule has 0 saturated carbocycles. The van der Waals surface area contributed by atoms with E-state index in [0.717, 1.165) is 0 Å². The van der Waals surface area contributed by atoms with Crippen molar-refractivity contribution >= 4 is 11.8 Å². The maximum Gasteiger partial charge on any atom is 0.260 e. The Bertz CT molecular complexity index is 891. The fourth-order valence-electron chi connectivity index (χ4n) is 3.66. The first-order valence-corrected chi connectivity index (χ1v) is 9.68. The number of nitrogens with zero attached hydrogens (tertiary/aromatic N) is 1. The number of primary amides is 1. The van der Waals surface area contributed by atoms with Gasteiger partial charge in [-0.05, 0) is 49.2 Å². The summed E-state index contributed by atoms with van der Waals surface area (Å²) in [5, 5.41) is 0. The minimum atomic E-state index is -0.646. The summed E-state index contributed by atoms with van der Waals surface area (Å²) in [5.74, 6) is -0.836. The molecule has 3 rings (SSSR count). The van der Waals surface area contributed by atoms with Crippen LogP contribution in [0.3, 0.4) is 0 Å². The summed E-state index contributed by atoms with van der Waals surface area (Å²) in [4.78, 5) is 26.0. The molecule has 1 aliphatic rings. The van der Waals surface area contributed by atoms with E-state index in [9.17, 15) is 18.4 Å². The van der Waals surface area contributed by atoms with Crippen LogP contribution in [0, 0.1) is 17.0 Å². The summed E-state index contributed by atoms with van der Waals surface area (Å²) in [5.41, 5.74) is 4.81. The second-order valence-electron chi connectivity index (χ2n) is 7.55. The zero-order valence-corrected chi connectivity index (χ0v) is 16.5. The van der Waals surface area contributed by atoms with Crippen LogP contribution in [-0.4, -0.2) is 43.0 Å². The molecule has 1 saturated heterocycles. The molecule has 1 aliphatic heterocycles. The van der Waals surface area contributed by atoms with E-state index in [1.807, 2.05) is 0 Å². The van der Waals surface area contributed by atoms with Gasteiger partial charge in [-0.25, -0.2) is 8.78 Å². The number of halogens is 2. The molecule has 1 atom stereocenters. The van der Waals surface area contributed by atoms with Crippen LogP contribution in [0.4, 0.5) is 8.78 Å². The zero-order valence-electron chi connectivity index (χ0n) is 16.5. The molecule has 2 amide bonds. The fraction of sp³-hybridized carbons (Fsp3) is 0.364. The van der Waals surface area contributed by atoms with Crippen molar-refractivity contribution in [3.8, 4) is 11.5 Å². The summed E-state index contributed by atoms with van der Waals surface area (Å²) >= 11 is 0. The molecule has 2 N–H and O–H groups in total. The van der Waals surface area contributed by atoms with Crippen LogP contribution in [-0.2, 0) is 9.59 Å². The number of likely N-dealkylation sites (tertiary alicyclic amines) is 1. The smallest absolute Gasteiger partial charge is 0.260 e. The lowest BCUT2D eigenvalue weighted by molar-refractivity contribution is -0.139. The molecule has 1 unspecified atom stereocenters. The van der Waals surface area contributed by atoms with Gasteiger partial charge in [0.15, 0.2) is 6.61 Å². The molecule has 6 nitrogen and oxygen atoms in total. The second kappa shape index (κ2) is 9.56. The van der Waals surface area contributed by atoms with Crippen LogP contribution in [0.5, 0.6) is 11.5 Å². The number of piperidine rings is 1. The van der Waals surface area contributed by atoms with Gasteiger partial charge in [-0.2, -0.15) is 0 Å². The molecular formula is C22H24F2N2O4. The number of rotatable bonds is 8. The Balaban J connectivity index is 1.64. The molecule has 160 valence electrons. The SMILES string of the molecule is NC(=O)CC1(COc2ccc(F)cc2)CCCN(C(=O)COc2cccc(F)c2)C1. The normalized spacial score (nSPS) is 18.7. The topological polar surface area (TPSA) is 81.9 Å². The van der Waals surface area contributed by atoms with E-state index in [1.165, 1.54) is 42.5 Å². The highest BCUT2D eigenvalue weighted by Gasteiger charge is 2.39. The van der Waals surface area contributed by atoms with Crippen LogP contribution < -0.4 is 15.2 Å². The molecular weight excluding hydrogens is 394 g/mol. The highest BCUT2D eigenvalue weighted by atomic mass is 19.1. The van der Waals surface area contributed by atoms with Crippen molar-refractivity contribution in [2.75, 3.05) is 26.3 Å². The van der Waals surface area contributed by atoms with Gasteiger partial charge in [-0.1, -0.05) is 6.07 Å². The van der Waals surface area contributed by atoms with Crippen LogP contribution in [0.1, 0.15) is 19.3 Å². The minimum absolute atomic E-state index is 0.0583. The lowest BCUT2D eigenvalue weighted by Gasteiger charge is -2.42. The molecule has 0 aromatic heterocycles. The highest BCUT2D eigenvalue weighted by Crippen LogP contribution is 2.34. The fourth-order valence-corrected chi connectivity index (χ4v) is 3.66. The highest BCUT2D eigenvalue weighted by molar-refractivity contribution is 5.78. The standard InChI is InChI=1S/C22H24F2N2O4/c23-16-5-7-18(8-6-16)30-15-22(12-20(25)27)9-2-10-26(14-22)21(28)13-29-19-4-1-3-17(24)11-19/h1,3-8,11H,2,9-10,12-15H2,(H2,25,27). The number of ether oxygens (including phenoxy) is 2. The molecule has 0 aliphatic carbocycles. The van der Waals surface area contributed by atoms with Gasteiger partial charge in [-0.3, -0.25) is 9.59 Å². The van der Waals surface area contributed by atoms with Gasteiger partial charge in [0.1, 0.15) is 23.1 Å². The first-order valence-electron chi connectivity index (χ1n) is 9.68. The van der Waals surface area contributed by atoms with Crippen LogP contribution in [0.15, 0.2) is 48.5 Å². The minimum Gasteiger partial charge on any atom is -0.493 e. The number of hydrogen-bond donors (Lipinski definition) is 1. The van der Waals surface area contributed by atoms with Gasteiger partial charge >= 0.3 is 0 Å². The second-order valence-corrected chi connectivity index (χ2v) is 7.55. The van der Waals surface area contributed by atoms with Gasteiger partial charge in [0, 0.05) is 31.0 Å². The van der Waals surface area contributed by atoms with Crippen molar-refractivity contribution < 1.29 is 27.8 Å². The van der Waals surface area contributed by atoms with Crippen molar-refractivity contribution in [1.29, 1.82) is 0 Å². The Hall–Kier alpha value is -3.16. The van der Waals surface area contributed by atoms with E-state index in [4.69, 9.17) is 15.2 Å². The van der Waals surface area contributed by atoms with Crippen LogP contribution in [0.25, 0.3) is 0 Å². The van der Waals surface area contributed by atoms with Crippen molar-refractivity contribution in [2.45, 2.75) is 19.3 Å². The molecule has 8 heteroatoms. The average Bonchev–Trinajstić information content (AvgIpc) is 2.71. The van der Waals surface area contributed by atoms with Crippen LogP contribution in [0.2, 0.25) is 0 Å². The zero-order chi connectivity index (χ0) is 21.6. The van der Waals surface area contributed by atoms with Crippen molar-refractivity contribution in [1.82, 2.24) is 4.90 Å². The predicted octanol–water partition coefficient (Wildman–Crippen LogP) is 2.91. The summed E-state index contributed by atoms with van der Waals surface area (Å²) < 4.78 is 37.5. The lowest BCUT2D eigenvalue weighted by atomic mass is 9.77. The first kappa shape index (κ1) is 21.5. The van der Waals surface area contributed by atoms with Gasteiger partial charge in [-0.15, -0.1) is 0 Å². The van der Waals surface area contributed by atoms with E-state index >= 15 is 0 Å². The van der Waals surface area contributed by atoms with Gasteiger partial charge < -0.3 is 20.1 Å². The molecule has 0 bridgehead atoms. The van der Waals surface area contributed by atoms with E-state index < -0.39 is 17.1 Å². The Morgan fingerprint density at radius 2 is 1.80 bits per heavy atom. The van der Waals surface area contributed by atoms with Crippen molar-refractivity contribution in [2.24, 2.45) is 11.1 Å². The molecule has 2 aromatic rings. The van der Waals surface area contributed by atoms with E-state index in [-0.39, 0.29) is 43.7 Å². The summed E-state index contributed by atoms with van der Waals surface area (Å²) in [7, 11) is 0. The first-order chi connectivity index (χ1) is 14.3. The summed E-state index contributed by atoms with van der Waals surface area (Å²) in [6.07, 6.45) is 1.39. The molecule has 1 fully saturated rings. The Morgan fingerprint density at radius 3 is 2.50 bits per heavy atom. The summed E-state index contributed by atoms with van der Waals surface area (Å²) in [6.45, 7) is 0.718. The Labute approximate surface area is 173 Å². The molecule has 0 radical (unpaired) electrons. The number of carbonyl (C=O) groups is 2. The lowest BCUT2D eigenvalue weighted by Crippen LogP contribution is -2.51. The maximum atomic E-state index is 13.3. The monoisotopic (exact) mass is 418 g/mol.